The van der Waals surface area contributed by atoms with E-state index in [1.165, 1.54) is 6.26 Å². The minimum Gasteiger partial charge on any atom is -0.446 e. The zero-order valence-corrected chi connectivity index (χ0v) is 11.8. The third kappa shape index (κ3) is 4.65. The predicted molar refractivity (Wildman–Crippen MR) is 71.7 cm³/mol. The van der Waals surface area contributed by atoms with Crippen molar-refractivity contribution in [3.8, 4) is 0 Å². The fourth-order valence-electron chi connectivity index (χ4n) is 1.55. The zero-order valence-electron chi connectivity index (χ0n) is 11.8. The van der Waals surface area contributed by atoms with Crippen molar-refractivity contribution in [2.24, 2.45) is 11.7 Å². The molecule has 1 aromatic rings. The lowest BCUT2D eigenvalue weighted by Crippen LogP contribution is -2.26. The molecule has 0 fully saturated rings. The lowest BCUT2D eigenvalue weighted by Gasteiger charge is -2.13. The van der Waals surface area contributed by atoms with Crippen molar-refractivity contribution in [1.82, 2.24) is 10.3 Å². The summed E-state index contributed by atoms with van der Waals surface area (Å²) in [5.74, 6) is 0.426. The Labute approximate surface area is 113 Å². The van der Waals surface area contributed by atoms with Crippen molar-refractivity contribution in [2.75, 3.05) is 20.3 Å². The summed E-state index contributed by atoms with van der Waals surface area (Å²) < 4.78 is 10.2. The van der Waals surface area contributed by atoms with Crippen LogP contribution < -0.4 is 11.1 Å². The van der Waals surface area contributed by atoms with Gasteiger partial charge in [0.05, 0.1) is 6.04 Å². The SMILES string of the molecule is CCC(C)C(N)c1nc(C(=O)NCCCOC)co1. The Morgan fingerprint density at radius 1 is 1.63 bits per heavy atom. The molecule has 6 nitrogen and oxygen atoms in total. The summed E-state index contributed by atoms with van der Waals surface area (Å²) >= 11 is 0. The van der Waals surface area contributed by atoms with Gasteiger partial charge in [-0.3, -0.25) is 4.79 Å². The lowest BCUT2D eigenvalue weighted by atomic mass is 10.0. The Morgan fingerprint density at radius 2 is 2.37 bits per heavy atom. The third-order valence-corrected chi connectivity index (χ3v) is 3.11. The van der Waals surface area contributed by atoms with Crippen LogP contribution in [-0.4, -0.2) is 31.2 Å². The van der Waals surface area contributed by atoms with Crippen LogP contribution in [0.15, 0.2) is 10.7 Å². The topological polar surface area (TPSA) is 90.4 Å². The number of hydrogen-bond acceptors (Lipinski definition) is 5. The summed E-state index contributed by atoms with van der Waals surface area (Å²) in [6.45, 7) is 5.24. The first-order valence-corrected chi connectivity index (χ1v) is 6.58. The van der Waals surface area contributed by atoms with Gasteiger partial charge < -0.3 is 20.2 Å². The fraction of sp³-hybridized carbons (Fsp3) is 0.692. The molecule has 0 aliphatic rings. The molecule has 0 aliphatic heterocycles. The monoisotopic (exact) mass is 269 g/mol. The van der Waals surface area contributed by atoms with E-state index in [0.29, 0.717) is 19.0 Å². The van der Waals surface area contributed by atoms with Gasteiger partial charge in [0.2, 0.25) is 5.89 Å². The van der Waals surface area contributed by atoms with Gasteiger partial charge in [-0.15, -0.1) is 0 Å². The predicted octanol–water partition coefficient (Wildman–Crippen LogP) is 1.49. The molecule has 3 N–H and O–H groups in total. The molecule has 0 saturated carbocycles. The van der Waals surface area contributed by atoms with Gasteiger partial charge in [-0.2, -0.15) is 0 Å². The molecule has 2 unspecified atom stereocenters. The van der Waals surface area contributed by atoms with Crippen LogP contribution in [0.2, 0.25) is 0 Å². The van der Waals surface area contributed by atoms with Crippen LogP contribution in [0.1, 0.15) is 49.1 Å². The smallest absolute Gasteiger partial charge is 0.273 e. The maximum absolute atomic E-state index is 11.8. The standard InChI is InChI=1S/C13H23N3O3/c1-4-9(2)11(14)13-16-10(8-19-13)12(17)15-6-5-7-18-3/h8-9,11H,4-7,14H2,1-3H3,(H,15,17). The number of hydrogen-bond donors (Lipinski definition) is 2. The zero-order chi connectivity index (χ0) is 14.3. The number of amides is 1. The Balaban J connectivity index is 2.51. The van der Waals surface area contributed by atoms with Crippen LogP contribution in [0.5, 0.6) is 0 Å². The van der Waals surface area contributed by atoms with Crippen LogP contribution in [0.25, 0.3) is 0 Å². The minimum absolute atomic E-state index is 0.248. The van der Waals surface area contributed by atoms with Crippen molar-refractivity contribution in [1.29, 1.82) is 0 Å². The first kappa shape index (κ1) is 15.7. The van der Waals surface area contributed by atoms with E-state index < -0.39 is 0 Å². The van der Waals surface area contributed by atoms with Crippen LogP contribution >= 0.6 is 0 Å². The molecule has 1 amide bonds. The van der Waals surface area contributed by atoms with Crippen LogP contribution in [-0.2, 0) is 4.74 Å². The van der Waals surface area contributed by atoms with Crippen molar-refractivity contribution in [2.45, 2.75) is 32.7 Å². The Bertz CT molecular complexity index is 392. The molecule has 0 aromatic carbocycles. The molecular formula is C13H23N3O3. The van der Waals surface area contributed by atoms with Gasteiger partial charge in [0, 0.05) is 20.3 Å². The molecule has 19 heavy (non-hydrogen) atoms. The number of ether oxygens (including phenoxy) is 1. The van der Waals surface area contributed by atoms with E-state index in [1.807, 2.05) is 6.92 Å². The summed E-state index contributed by atoms with van der Waals surface area (Å²) in [5, 5.41) is 2.75. The minimum atomic E-state index is -0.278. The first-order valence-electron chi connectivity index (χ1n) is 6.58. The average Bonchev–Trinajstić information content (AvgIpc) is 2.91. The van der Waals surface area contributed by atoms with Crippen LogP contribution in [0, 0.1) is 5.92 Å². The molecule has 0 aliphatic carbocycles. The largest absolute Gasteiger partial charge is 0.446 e. The van der Waals surface area contributed by atoms with Gasteiger partial charge in [0.25, 0.3) is 5.91 Å². The Kier molecular flexibility index (Phi) is 6.52. The van der Waals surface area contributed by atoms with Crippen molar-refractivity contribution >= 4 is 5.91 Å². The molecule has 108 valence electrons. The maximum Gasteiger partial charge on any atom is 0.273 e. The van der Waals surface area contributed by atoms with Crippen LogP contribution in [0.4, 0.5) is 0 Å². The Morgan fingerprint density at radius 3 is 3.00 bits per heavy atom. The number of carbonyl (C=O) groups excluding carboxylic acids is 1. The number of nitrogens with zero attached hydrogens (tertiary/aromatic N) is 1. The van der Waals surface area contributed by atoms with Gasteiger partial charge >= 0.3 is 0 Å². The molecule has 1 aromatic heterocycles. The van der Waals surface area contributed by atoms with E-state index in [1.54, 1.807) is 7.11 Å². The molecule has 0 saturated heterocycles. The average molecular weight is 269 g/mol. The van der Waals surface area contributed by atoms with Crippen molar-refractivity contribution in [3.05, 3.63) is 17.8 Å². The van der Waals surface area contributed by atoms with E-state index in [4.69, 9.17) is 14.9 Å². The van der Waals surface area contributed by atoms with Crippen LogP contribution in [0.3, 0.4) is 0 Å². The van der Waals surface area contributed by atoms with E-state index in [2.05, 4.69) is 17.2 Å². The molecule has 2 atom stereocenters. The molecule has 0 bridgehead atoms. The number of oxazole rings is 1. The second-order valence-corrected chi connectivity index (χ2v) is 4.58. The number of nitrogens with two attached hydrogens (primary N) is 1. The van der Waals surface area contributed by atoms with Crippen molar-refractivity contribution in [3.63, 3.8) is 0 Å². The third-order valence-electron chi connectivity index (χ3n) is 3.11. The summed E-state index contributed by atoms with van der Waals surface area (Å²) in [6.07, 6.45) is 3.05. The van der Waals surface area contributed by atoms with Gasteiger partial charge in [0.15, 0.2) is 5.69 Å². The second kappa shape index (κ2) is 7.91. The highest BCUT2D eigenvalue weighted by Crippen LogP contribution is 2.20. The Hall–Kier alpha value is -1.40. The highest BCUT2D eigenvalue weighted by atomic mass is 16.5. The highest BCUT2D eigenvalue weighted by Gasteiger charge is 2.20. The van der Waals surface area contributed by atoms with Crippen molar-refractivity contribution < 1.29 is 13.9 Å². The number of aromatic nitrogens is 1. The van der Waals surface area contributed by atoms with E-state index in [0.717, 1.165) is 12.8 Å². The number of methoxy groups -OCH3 is 1. The molecule has 0 spiro atoms. The van der Waals surface area contributed by atoms with Gasteiger partial charge in [-0.1, -0.05) is 20.3 Å². The quantitative estimate of drug-likeness (QED) is 0.698. The fourth-order valence-corrected chi connectivity index (χ4v) is 1.55. The van der Waals surface area contributed by atoms with E-state index in [9.17, 15) is 4.79 Å². The molecule has 6 heteroatoms. The lowest BCUT2D eigenvalue weighted by molar-refractivity contribution is 0.0943. The highest BCUT2D eigenvalue weighted by molar-refractivity contribution is 5.91. The van der Waals surface area contributed by atoms with Gasteiger partial charge in [-0.25, -0.2) is 4.98 Å². The first-order chi connectivity index (χ1) is 9.10. The van der Waals surface area contributed by atoms with Gasteiger partial charge in [0.1, 0.15) is 6.26 Å². The van der Waals surface area contributed by atoms with E-state index >= 15 is 0 Å². The number of carbonyl (C=O) groups is 1. The normalized spacial score (nSPS) is 14.1. The summed E-state index contributed by atoms with van der Waals surface area (Å²) in [6, 6.07) is -0.278. The second-order valence-electron chi connectivity index (χ2n) is 4.58. The summed E-state index contributed by atoms with van der Waals surface area (Å²) in [5.41, 5.74) is 6.27. The molecule has 1 heterocycles. The van der Waals surface area contributed by atoms with E-state index in [-0.39, 0.29) is 23.6 Å². The summed E-state index contributed by atoms with van der Waals surface area (Å²) in [4.78, 5) is 15.9. The number of nitrogens with one attached hydrogen (secondary N) is 1. The molecule has 0 radical (unpaired) electrons. The molecular weight excluding hydrogens is 246 g/mol. The maximum atomic E-state index is 11.8. The number of rotatable bonds is 8. The summed E-state index contributed by atoms with van der Waals surface area (Å²) in [7, 11) is 1.63. The van der Waals surface area contributed by atoms with Gasteiger partial charge in [-0.05, 0) is 12.3 Å². The molecule has 1 rings (SSSR count).